The van der Waals surface area contributed by atoms with Gasteiger partial charge in [0.15, 0.2) is 0 Å². The lowest BCUT2D eigenvalue weighted by molar-refractivity contribution is -0.145. The Hall–Kier alpha value is -0.870. The van der Waals surface area contributed by atoms with Crippen LogP contribution >= 0.6 is 15.9 Å². The van der Waals surface area contributed by atoms with Crippen LogP contribution in [0, 0.1) is 0 Å². The normalized spacial score (nSPS) is 18.2. The molecule has 1 aliphatic rings. The zero-order valence-corrected chi connectivity index (χ0v) is 9.66. The van der Waals surface area contributed by atoms with E-state index in [4.69, 9.17) is 9.84 Å². The number of carboxylic acid groups (broad SMARTS) is 1. The van der Waals surface area contributed by atoms with Gasteiger partial charge in [-0.1, -0.05) is 34.1 Å². The monoisotopic (exact) mass is 270 g/mol. The van der Waals surface area contributed by atoms with Crippen molar-refractivity contribution in [1.29, 1.82) is 0 Å². The van der Waals surface area contributed by atoms with Gasteiger partial charge >= 0.3 is 5.97 Å². The van der Waals surface area contributed by atoms with E-state index in [1.54, 1.807) is 0 Å². The van der Waals surface area contributed by atoms with Crippen LogP contribution in [-0.2, 0) is 14.9 Å². The molecule has 4 heteroatoms. The van der Waals surface area contributed by atoms with Crippen molar-refractivity contribution >= 4 is 21.9 Å². The second-order valence-corrected chi connectivity index (χ2v) is 4.68. The molecule has 1 N–H and O–H groups in total. The fourth-order valence-electron chi connectivity index (χ4n) is 1.88. The zero-order valence-electron chi connectivity index (χ0n) is 8.07. The summed E-state index contributed by atoms with van der Waals surface area (Å²) in [5.41, 5.74) is 0.685. The molecule has 1 fully saturated rings. The fourth-order valence-corrected chi connectivity index (χ4v) is 2.59. The molecule has 1 aromatic rings. The summed E-state index contributed by atoms with van der Waals surface area (Å²) in [5.74, 6) is -0.783. The van der Waals surface area contributed by atoms with Crippen LogP contribution in [0.3, 0.4) is 0 Å². The van der Waals surface area contributed by atoms with Crippen LogP contribution in [0.25, 0.3) is 0 Å². The lowest BCUT2D eigenvalue weighted by atomic mass is 9.76. The van der Waals surface area contributed by atoms with Gasteiger partial charge in [-0.25, -0.2) is 0 Å². The van der Waals surface area contributed by atoms with Crippen molar-refractivity contribution in [3.8, 4) is 0 Å². The molecule has 1 aliphatic heterocycles. The maximum absolute atomic E-state index is 10.8. The topological polar surface area (TPSA) is 46.5 Å². The molecule has 1 aromatic carbocycles. The van der Waals surface area contributed by atoms with Crippen LogP contribution in [0.15, 0.2) is 28.7 Å². The third kappa shape index (κ3) is 1.92. The number of aliphatic carboxylic acids is 1. The number of hydrogen-bond donors (Lipinski definition) is 1. The largest absolute Gasteiger partial charge is 0.481 e. The highest BCUT2D eigenvalue weighted by Gasteiger charge is 2.43. The summed E-state index contributed by atoms with van der Waals surface area (Å²) >= 11 is 3.45. The Labute approximate surface area is 96.2 Å². The van der Waals surface area contributed by atoms with Crippen molar-refractivity contribution in [2.45, 2.75) is 11.8 Å². The van der Waals surface area contributed by atoms with Crippen LogP contribution in [0.2, 0.25) is 0 Å². The van der Waals surface area contributed by atoms with Gasteiger partial charge in [0.25, 0.3) is 0 Å². The molecule has 3 nitrogen and oxygen atoms in total. The molecule has 0 amide bonds. The maximum Gasteiger partial charge on any atom is 0.304 e. The zero-order chi connectivity index (χ0) is 10.9. The van der Waals surface area contributed by atoms with E-state index in [0.717, 1.165) is 10.0 Å². The fraction of sp³-hybridized carbons (Fsp3) is 0.364. The third-order valence-corrected chi connectivity index (χ3v) is 3.38. The predicted molar refractivity (Wildman–Crippen MR) is 58.9 cm³/mol. The molecule has 1 saturated heterocycles. The number of ether oxygens (including phenoxy) is 1. The molecule has 0 spiro atoms. The SMILES string of the molecule is O=C(O)CC1(c2ccccc2Br)COC1. The Balaban J connectivity index is 2.34. The third-order valence-electron chi connectivity index (χ3n) is 2.69. The van der Waals surface area contributed by atoms with Crippen molar-refractivity contribution in [2.75, 3.05) is 13.2 Å². The standard InChI is InChI=1S/C11H11BrO3/c12-9-4-2-1-3-8(9)11(5-10(13)14)6-15-7-11/h1-4H,5-7H2,(H,13,14). The van der Waals surface area contributed by atoms with E-state index in [0.29, 0.717) is 13.2 Å². The quantitative estimate of drug-likeness (QED) is 0.916. The lowest BCUT2D eigenvalue weighted by Gasteiger charge is -2.41. The van der Waals surface area contributed by atoms with Crippen molar-refractivity contribution in [3.63, 3.8) is 0 Å². The van der Waals surface area contributed by atoms with Gasteiger partial charge in [0.05, 0.1) is 25.0 Å². The molecule has 0 aliphatic carbocycles. The van der Waals surface area contributed by atoms with E-state index < -0.39 is 5.97 Å². The van der Waals surface area contributed by atoms with Gasteiger partial charge in [0, 0.05) is 4.47 Å². The molecule has 0 unspecified atom stereocenters. The van der Waals surface area contributed by atoms with Crippen molar-refractivity contribution in [3.05, 3.63) is 34.3 Å². The minimum Gasteiger partial charge on any atom is -0.481 e. The molecular formula is C11H11BrO3. The second kappa shape index (κ2) is 3.94. The maximum atomic E-state index is 10.8. The molecule has 0 aromatic heterocycles. The molecule has 0 atom stereocenters. The number of halogens is 1. The average Bonchev–Trinajstić information content (AvgIpc) is 2.12. The summed E-state index contributed by atoms with van der Waals surface area (Å²) in [4.78, 5) is 10.8. The van der Waals surface area contributed by atoms with Crippen molar-refractivity contribution in [1.82, 2.24) is 0 Å². The summed E-state index contributed by atoms with van der Waals surface area (Å²) in [6, 6.07) is 7.72. The smallest absolute Gasteiger partial charge is 0.304 e. The van der Waals surface area contributed by atoms with Gasteiger partial charge in [0.2, 0.25) is 0 Å². The van der Waals surface area contributed by atoms with Crippen molar-refractivity contribution < 1.29 is 14.6 Å². The van der Waals surface area contributed by atoms with Crippen LogP contribution in [-0.4, -0.2) is 24.3 Å². The minimum atomic E-state index is -0.783. The van der Waals surface area contributed by atoms with E-state index in [1.807, 2.05) is 24.3 Å². The highest BCUT2D eigenvalue weighted by atomic mass is 79.9. The molecule has 15 heavy (non-hydrogen) atoms. The number of rotatable bonds is 3. The molecule has 80 valence electrons. The van der Waals surface area contributed by atoms with Crippen LogP contribution in [0.1, 0.15) is 12.0 Å². The van der Waals surface area contributed by atoms with Crippen LogP contribution < -0.4 is 0 Å². The van der Waals surface area contributed by atoms with Crippen LogP contribution in [0.5, 0.6) is 0 Å². The molecule has 0 radical (unpaired) electrons. The Morgan fingerprint density at radius 3 is 2.60 bits per heavy atom. The summed E-state index contributed by atoms with van der Waals surface area (Å²) in [5, 5.41) is 8.90. The predicted octanol–water partition coefficient (Wildman–Crippen LogP) is 2.19. The highest BCUT2D eigenvalue weighted by Crippen LogP contribution is 2.39. The van der Waals surface area contributed by atoms with Gasteiger partial charge in [-0.3, -0.25) is 4.79 Å². The molecule has 1 heterocycles. The summed E-state index contributed by atoms with van der Waals surface area (Å²) in [7, 11) is 0. The van der Waals surface area contributed by atoms with Gasteiger partial charge in [0.1, 0.15) is 0 Å². The van der Waals surface area contributed by atoms with Gasteiger partial charge in [-0.2, -0.15) is 0 Å². The summed E-state index contributed by atoms with van der Waals surface area (Å²) in [6.07, 6.45) is 0.121. The number of carboxylic acids is 1. The van der Waals surface area contributed by atoms with Gasteiger partial charge in [-0.05, 0) is 11.6 Å². The Kier molecular flexibility index (Phi) is 2.80. The van der Waals surface area contributed by atoms with Gasteiger partial charge in [-0.15, -0.1) is 0 Å². The number of benzene rings is 1. The first-order valence-corrected chi connectivity index (χ1v) is 5.48. The first-order chi connectivity index (χ1) is 7.14. The molecular weight excluding hydrogens is 260 g/mol. The number of carbonyl (C=O) groups is 1. The average molecular weight is 271 g/mol. The summed E-state index contributed by atoms with van der Waals surface area (Å²) < 4.78 is 6.12. The minimum absolute atomic E-state index is 0.121. The Bertz CT molecular complexity index is 385. The second-order valence-electron chi connectivity index (χ2n) is 3.82. The first-order valence-electron chi connectivity index (χ1n) is 4.69. The van der Waals surface area contributed by atoms with E-state index >= 15 is 0 Å². The molecule has 0 saturated carbocycles. The Morgan fingerprint density at radius 1 is 1.47 bits per heavy atom. The van der Waals surface area contributed by atoms with E-state index in [1.165, 1.54) is 0 Å². The van der Waals surface area contributed by atoms with Gasteiger partial charge < -0.3 is 9.84 Å². The lowest BCUT2D eigenvalue weighted by Crippen LogP contribution is -2.48. The highest BCUT2D eigenvalue weighted by molar-refractivity contribution is 9.10. The van der Waals surface area contributed by atoms with E-state index in [9.17, 15) is 4.79 Å². The Morgan fingerprint density at radius 2 is 2.13 bits per heavy atom. The molecule has 0 bridgehead atoms. The summed E-state index contributed by atoms with van der Waals surface area (Å²) in [6.45, 7) is 0.976. The molecule has 2 rings (SSSR count). The number of hydrogen-bond acceptors (Lipinski definition) is 2. The van der Waals surface area contributed by atoms with Crippen LogP contribution in [0.4, 0.5) is 0 Å². The van der Waals surface area contributed by atoms with E-state index in [2.05, 4.69) is 15.9 Å². The van der Waals surface area contributed by atoms with E-state index in [-0.39, 0.29) is 11.8 Å². The van der Waals surface area contributed by atoms with Crippen molar-refractivity contribution in [2.24, 2.45) is 0 Å². The first kappa shape index (κ1) is 10.6.